The van der Waals surface area contributed by atoms with Crippen molar-refractivity contribution >= 4 is 17.4 Å². The van der Waals surface area contributed by atoms with E-state index in [-0.39, 0.29) is 5.56 Å². The van der Waals surface area contributed by atoms with E-state index in [4.69, 9.17) is 11.6 Å². The SMILES string of the molecule is CC(C)Cn1ccnc(NCc2ccc(Cl)nc2)c1=O. The van der Waals surface area contributed by atoms with Crippen LogP contribution in [0.15, 0.2) is 35.5 Å². The summed E-state index contributed by atoms with van der Waals surface area (Å²) in [5, 5.41) is 3.48. The number of nitrogens with zero attached hydrogens (tertiary/aromatic N) is 3. The van der Waals surface area contributed by atoms with Gasteiger partial charge in [0.15, 0.2) is 5.82 Å². The minimum Gasteiger partial charge on any atom is -0.361 e. The average Bonchev–Trinajstić information content (AvgIpc) is 2.41. The molecule has 0 aliphatic carbocycles. The second-order valence-electron chi connectivity index (χ2n) is 4.97. The third-order valence-electron chi connectivity index (χ3n) is 2.72. The molecule has 0 atom stereocenters. The Hall–Kier alpha value is -1.88. The molecule has 0 radical (unpaired) electrons. The molecule has 0 aliphatic rings. The number of pyridine rings is 1. The second-order valence-corrected chi connectivity index (χ2v) is 5.36. The normalized spacial score (nSPS) is 10.8. The van der Waals surface area contributed by atoms with Gasteiger partial charge in [-0.2, -0.15) is 0 Å². The molecule has 20 heavy (non-hydrogen) atoms. The van der Waals surface area contributed by atoms with Gasteiger partial charge in [-0.15, -0.1) is 0 Å². The van der Waals surface area contributed by atoms with Gasteiger partial charge in [-0.3, -0.25) is 4.79 Å². The third kappa shape index (κ3) is 3.81. The molecule has 2 aromatic heterocycles. The lowest BCUT2D eigenvalue weighted by molar-refractivity contribution is 0.509. The van der Waals surface area contributed by atoms with Gasteiger partial charge in [-0.25, -0.2) is 9.97 Å². The van der Waals surface area contributed by atoms with Crippen LogP contribution >= 0.6 is 11.6 Å². The molecule has 0 bridgehead atoms. The smallest absolute Gasteiger partial charge is 0.293 e. The van der Waals surface area contributed by atoms with E-state index in [1.165, 1.54) is 0 Å². The molecule has 0 aliphatic heterocycles. The molecule has 5 nitrogen and oxygen atoms in total. The summed E-state index contributed by atoms with van der Waals surface area (Å²) in [4.78, 5) is 20.3. The Bertz CT molecular complexity index is 622. The van der Waals surface area contributed by atoms with Crippen LogP contribution in [0.4, 0.5) is 5.82 Å². The number of nitrogens with one attached hydrogen (secondary N) is 1. The van der Waals surface area contributed by atoms with E-state index in [9.17, 15) is 4.79 Å². The van der Waals surface area contributed by atoms with E-state index < -0.39 is 0 Å². The van der Waals surface area contributed by atoms with Gasteiger partial charge in [0.25, 0.3) is 5.56 Å². The summed E-state index contributed by atoms with van der Waals surface area (Å²) in [6.45, 7) is 5.30. The molecule has 0 unspecified atom stereocenters. The van der Waals surface area contributed by atoms with Crippen LogP contribution in [0, 0.1) is 5.92 Å². The number of aromatic nitrogens is 3. The van der Waals surface area contributed by atoms with Gasteiger partial charge in [-0.05, 0) is 17.5 Å². The van der Waals surface area contributed by atoms with Crippen LogP contribution in [0.3, 0.4) is 0 Å². The Morgan fingerprint density at radius 2 is 2.15 bits per heavy atom. The fourth-order valence-electron chi connectivity index (χ4n) is 1.80. The van der Waals surface area contributed by atoms with Crippen molar-refractivity contribution in [3.05, 3.63) is 51.8 Å². The third-order valence-corrected chi connectivity index (χ3v) is 2.95. The second kappa shape index (κ2) is 6.52. The highest BCUT2D eigenvalue weighted by Crippen LogP contribution is 2.06. The predicted octanol–water partition coefficient (Wildman–Crippen LogP) is 2.56. The molecule has 0 spiro atoms. The van der Waals surface area contributed by atoms with Gasteiger partial charge in [0.05, 0.1) is 0 Å². The van der Waals surface area contributed by atoms with E-state index in [2.05, 4.69) is 29.1 Å². The maximum absolute atomic E-state index is 12.2. The van der Waals surface area contributed by atoms with Crippen LogP contribution in [-0.2, 0) is 13.1 Å². The summed E-state index contributed by atoms with van der Waals surface area (Å²) in [6.07, 6.45) is 5.01. The number of hydrogen-bond donors (Lipinski definition) is 1. The maximum Gasteiger partial charge on any atom is 0.293 e. The van der Waals surface area contributed by atoms with Crippen molar-refractivity contribution in [2.45, 2.75) is 26.9 Å². The Morgan fingerprint density at radius 3 is 2.80 bits per heavy atom. The molecule has 0 aromatic carbocycles. The molecule has 2 rings (SSSR count). The largest absolute Gasteiger partial charge is 0.361 e. The fraction of sp³-hybridized carbons (Fsp3) is 0.357. The topological polar surface area (TPSA) is 59.8 Å². The van der Waals surface area contributed by atoms with Gasteiger partial charge >= 0.3 is 0 Å². The monoisotopic (exact) mass is 292 g/mol. The van der Waals surface area contributed by atoms with Crippen molar-refractivity contribution in [1.29, 1.82) is 0 Å². The highest BCUT2D eigenvalue weighted by Gasteiger charge is 2.06. The standard InChI is InChI=1S/C14H17ClN4O/c1-10(2)9-19-6-5-16-13(14(19)20)18-8-11-3-4-12(15)17-7-11/h3-7,10H,8-9H2,1-2H3,(H,16,18). The molecule has 106 valence electrons. The zero-order valence-corrected chi connectivity index (χ0v) is 12.3. The maximum atomic E-state index is 12.2. The van der Waals surface area contributed by atoms with Crippen LogP contribution in [0.1, 0.15) is 19.4 Å². The molecule has 0 saturated heterocycles. The molecule has 6 heteroatoms. The Morgan fingerprint density at radius 1 is 1.35 bits per heavy atom. The van der Waals surface area contributed by atoms with E-state index in [0.717, 1.165) is 5.56 Å². The lowest BCUT2D eigenvalue weighted by Gasteiger charge is -2.10. The van der Waals surface area contributed by atoms with Gasteiger partial charge in [0.2, 0.25) is 0 Å². The Kier molecular flexibility index (Phi) is 4.74. The minimum atomic E-state index is -0.108. The van der Waals surface area contributed by atoms with E-state index in [0.29, 0.717) is 30.0 Å². The van der Waals surface area contributed by atoms with Gasteiger partial charge < -0.3 is 9.88 Å². The number of anilines is 1. The number of halogens is 1. The zero-order valence-electron chi connectivity index (χ0n) is 11.5. The highest BCUT2D eigenvalue weighted by atomic mass is 35.5. The Balaban J connectivity index is 2.10. The van der Waals surface area contributed by atoms with Crippen LogP contribution < -0.4 is 10.9 Å². The minimum absolute atomic E-state index is 0.108. The van der Waals surface area contributed by atoms with Crippen molar-refractivity contribution in [3.8, 4) is 0 Å². The number of rotatable bonds is 5. The molecule has 1 N–H and O–H groups in total. The van der Waals surface area contributed by atoms with Crippen LogP contribution in [0.2, 0.25) is 5.15 Å². The summed E-state index contributed by atoms with van der Waals surface area (Å²) in [7, 11) is 0. The van der Waals surface area contributed by atoms with Gasteiger partial charge in [-0.1, -0.05) is 31.5 Å². The van der Waals surface area contributed by atoms with E-state index >= 15 is 0 Å². The zero-order chi connectivity index (χ0) is 14.5. The molecule has 2 heterocycles. The summed E-state index contributed by atoms with van der Waals surface area (Å²) in [6, 6.07) is 3.58. The first kappa shape index (κ1) is 14.5. The first-order valence-corrected chi connectivity index (χ1v) is 6.84. The summed E-state index contributed by atoms with van der Waals surface area (Å²) in [5.41, 5.74) is 0.831. The quantitative estimate of drug-likeness (QED) is 0.861. The molecular weight excluding hydrogens is 276 g/mol. The molecule has 0 amide bonds. The van der Waals surface area contributed by atoms with Crippen molar-refractivity contribution in [2.75, 3.05) is 5.32 Å². The lowest BCUT2D eigenvalue weighted by Crippen LogP contribution is -2.25. The predicted molar refractivity (Wildman–Crippen MR) is 79.9 cm³/mol. The van der Waals surface area contributed by atoms with Crippen LogP contribution in [-0.4, -0.2) is 14.5 Å². The van der Waals surface area contributed by atoms with Crippen molar-refractivity contribution in [3.63, 3.8) is 0 Å². The van der Waals surface area contributed by atoms with Gasteiger partial charge in [0, 0.05) is 31.7 Å². The van der Waals surface area contributed by atoms with Gasteiger partial charge in [0.1, 0.15) is 5.15 Å². The lowest BCUT2D eigenvalue weighted by atomic mass is 10.2. The van der Waals surface area contributed by atoms with E-state index in [1.807, 2.05) is 6.07 Å². The first-order chi connectivity index (χ1) is 9.56. The number of hydrogen-bond acceptors (Lipinski definition) is 4. The first-order valence-electron chi connectivity index (χ1n) is 6.46. The van der Waals surface area contributed by atoms with Crippen LogP contribution in [0.5, 0.6) is 0 Å². The van der Waals surface area contributed by atoms with Crippen LogP contribution in [0.25, 0.3) is 0 Å². The Labute approximate surface area is 122 Å². The molecule has 0 fully saturated rings. The van der Waals surface area contributed by atoms with Crippen molar-refractivity contribution < 1.29 is 0 Å². The van der Waals surface area contributed by atoms with Crippen molar-refractivity contribution in [1.82, 2.24) is 14.5 Å². The summed E-state index contributed by atoms with van der Waals surface area (Å²) in [5.74, 6) is 0.756. The molecular formula is C14H17ClN4O. The van der Waals surface area contributed by atoms with E-state index in [1.54, 1.807) is 29.2 Å². The average molecular weight is 293 g/mol. The highest BCUT2D eigenvalue weighted by molar-refractivity contribution is 6.29. The van der Waals surface area contributed by atoms with Crippen molar-refractivity contribution in [2.24, 2.45) is 5.92 Å². The molecule has 0 saturated carbocycles. The summed E-state index contributed by atoms with van der Waals surface area (Å²) >= 11 is 5.73. The fourth-order valence-corrected chi connectivity index (χ4v) is 1.91. The molecule has 2 aromatic rings. The summed E-state index contributed by atoms with van der Waals surface area (Å²) < 4.78 is 1.67.